The summed E-state index contributed by atoms with van der Waals surface area (Å²) in [6, 6.07) is 13.5. The lowest BCUT2D eigenvalue weighted by atomic mass is 10.3. The van der Waals surface area contributed by atoms with Crippen LogP contribution in [0, 0.1) is 0 Å². The Hall–Kier alpha value is -2.49. The normalized spacial score (nSPS) is 10.9. The molecule has 2 heterocycles. The van der Waals surface area contributed by atoms with E-state index in [0.29, 0.717) is 19.0 Å². The van der Waals surface area contributed by atoms with Crippen LogP contribution in [0.2, 0.25) is 0 Å². The molecule has 2 N–H and O–H groups in total. The van der Waals surface area contributed by atoms with Gasteiger partial charge in [0.1, 0.15) is 11.5 Å². The topological polar surface area (TPSA) is 76.6 Å². The third-order valence-corrected chi connectivity index (χ3v) is 3.65. The van der Waals surface area contributed by atoms with E-state index in [1.54, 1.807) is 20.4 Å². The van der Waals surface area contributed by atoms with E-state index in [2.05, 4.69) is 20.7 Å². The van der Waals surface area contributed by atoms with Gasteiger partial charge in [-0.15, -0.1) is 24.0 Å². The molecule has 0 aliphatic rings. The highest BCUT2D eigenvalue weighted by molar-refractivity contribution is 14.0. The SMILES string of the molecule is CN=C(NCc1ccn(-c2ccc(OC)cc2)n1)NCc1ccco1.I. The zero-order valence-corrected chi connectivity index (χ0v) is 17.0. The van der Waals surface area contributed by atoms with Crippen LogP contribution < -0.4 is 15.4 Å². The van der Waals surface area contributed by atoms with Crippen molar-refractivity contribution in [2.75, 3.05) is 14.2 Å². The number of benzene rings is 1. The van der Waals surface area contributed by atoms with Gasteiger partial charge in [0.25, 0.3) is 0 Å². The molecule has 8 heteroatoms. The predicted molar refractivity (Wildman–Crippen MR) is 111 cm³/mol. The standard InChI is InChI=1S/C18H21N5O2.HI/c1-19-18(21-13-17-4-3-11-25-17)20-12-14-9-10-23(22-14)15-5-7-16(24-2)8-6-15;/h3-11H,12-13H2,1-2H3,(H2,19,20,21);1H. The second-order valence-corrected chi connectivity index (χ2v) is 5.31. The second kappa shape index (κ2) is 9.85. The number of aliphatic imine (C=N–C) groups is 1. The molecule has 0 saturated heterocycles. The predicted octanol–water partition coefficient (Wildman–Crippen LogP) is 2.96. The summed E-state index contributed by atoms with van der Waals surface area (Å²) < 4.78 is 12.3. The van der Waals surface area contributed by atoms with E-state index in [9.17, 15) is 0 Å². The molecule has 26 heavy (non-hydrogen) atoms. The Morgan fingerprint density at radius 1 is 1.15 bits per heavy atom. The zero-order valence-electron chi connectivity index (χ0n) is 14.7. The molecule has 1 aromatic carbocycles. The van der Waals surface area contributed by atoms with Crippen molar-refractivity contribution in [1.29, 1.82) is 0 Å². The van der Waals surface area contributed by atoms with Gasteiger partial charge in [-0.05, 0) is 42.5 Å². The molecular formula is C18H22IN5O2. The first-order valence-corrected chi connectivity index (χ1v) is 7.94. The average Bonchev–Trinajstić information content (AvgIpc) is 3.34. The number of halogens is 1. The number of guanidine groups is 1. The van der Waals surface area contributed by atoms with E-state index in [1.165, 1.54) is 0 Å². The third kappa shape index (κ3) is 5.25. The first-order valence-electron chi connectivity index (χ1n) is 7.94. The molecule has 0 unspecified atom stereocenters. The Labute approximate surface area is 169 Å². The molecule has 3 aromatic rings. The lowest BCUT2D eigenvalue weighted by Crippen LogP contribution is -2.36. The summed E-state index contributed by atoms with van der Waals surface area (Å²) in [5, 5.41) is 11.0. The first kappa shape index (κ1) is 19.8. The molecule has 0 saturated carbocycles. The molecule has 0 bridgehead atoms. The molecule has 0 atom stereocenters. The monoisotopic (exact) mass is 467 g/mol. The lowest BCUT2D eigenvalue weighted by Gasteiger charge is -2.09. The highest BCUT2D eigenvalue weighted by Crippen LogP contribution is 2.14. The number of methoxy groups -OCH3 is 1. The van der Waals surface area contributed by atoms with E-state index in [4.69, 9.17) is 9.15 Å². The molecule has 0 aliphatic heterocycles. The molecule has 138 valence electrons. The molecule has 0 spiro atoms. The summed E-state index contributed by atoms with van der Waals surface area (Å²) >= 11 is 0. The van der Waals surface area contributed by atoms with E-state index in [0.717, 1.165) is 22.9 Å². The van der Waals surface area contributed by atoms with Gasteiger partial charge in [-0.2, -0.15) is 5.10 Å². The van der Waals surface area contributed by atoms with Crippen LogP contribution in [0.5, 0.6) is 5.75 Å². The first-order chi connectivity index (χ1) is 12.3. The van der Waals surface area contributed by atoms with Crippen molar-refractivity contribution in [3.8, 4) is 11.4 Å². The minimum Gasteiger partial charge on any atom is -0.497 e. The molecule has 2 aromatic heterocycles. The van der Waals surface area contributed by atoms with Gasteiger partial charge < -0.3 is 19.8 Å². The van der Waals surface area contributed by atoms with Gasteiger partial charge in [0.05, 0.1) is 37.8 Å². The number of nitrogens with one attached hydrogen (secondary N) is 2. The summed E-state index contributed by atoms with van der Waals surface area (Å²) in [6.07, 6.45) is 3.58. The quantitative estimate of drug-likeness (QED) is 0.331. The van der Waals surface area contributed by atoms with E-state index >= 15 is 0 Å². The van der Waals surface area contributed by atoms with Crippen LogP contribution in [0.3, 0.4) is 0 Å². The van der Waals surface area contributed by atoms with Crippen LogP contribution >= 0.6 is 24.0 Å². The fraction of sp³-hybridized carbons (Fsp3) is 0.222. The number of rotatable bonds is 6. The van der Waals surface area contributed by atoms with Crippen molar-refractivity contribution in [2.45, 2.75) is 13.1 Å². The summed E-state index contributed by atoms with van der Waals surface area (Å²) in [7, 11) is 3.38. The summed E-state index contributed by atoms with van der Waals surface area (Å²) in [6.45, 7) is 1.15. The number of aromatic nitrogens is 2. The van der Waals surface area contributed by atoms with Crippen molar-refractivity contribution in [3.05, 3.63) is 66.4 Å². The van der Waals surface area contributed by atoms with Crippen molar-refractivity contribution in [2.24, 2.45) is 4.99 Å². The summed E-state index contributed by atoms with van der Waals surface area (Å²) in [5.41, 5.74) is 1.89. The molecule has 0 radical (unpaired) electrons. The van der Waals surface area contributed by atoms with Crippen LogP contribution in [-0.2, 0) is 13.1 Å². The van der Waals surface area contributed by atoms with Gasteiger partial charge in [-0.3, -0.25) is 4.99 Å². The second-order valence-electron chi connectivity index (χ2n) is 5.31. The van der Waals surface area contributed by atoms with E-state index in [-0.39, 0.29) is 24.0 Å². The van der Waals surface area contributed by atoms with E-state index in [1.807, 2.05) is 53.3 Å². The maximum atomic E-state index is 5.29. The molecular weight excluding hydrogens is 445 g/mol. The van der Waals surface area contributed by atoms with Gasteiger partial charge in [0.2, 0.25) is 0 Å². The summed E-state index contributed by atoms with van der Waals surface area (Å²) in [4.78, 5) is 4.19. The highest BCUT2D eigenvalue weighted by atomic mass is 127. The van der Waals surface area contributed by atoms with Crippen molar-refractivity contribution in [1.82, 2.24) is 20.4 Å². The maximum absolute atomic E-state index is 5.29. The maximum Gasteiger partial charge on any atom is 0.191 e. The Bertz CT molecular complexity index is 812. The van der Waals surface area contributed by atoms with Gasteiger partial charge in [0.15, 0.2) is 5.96 Å². The summed E-state index contributed by atoms with van der Waals surface area (Å²) in [5.74, 6) is 2.37. The van der Waals surface area contributed by atoms with Crippen LogP contribution in [0.25, 0.3) is 5.69 Å². The molecule has 7 nitrogen and oxygen atoms in total. The Balaban J connectivity index is 0.00000243. The smallest absolute Gasteiger partial charge is 0.191 e. The van der Waals surface area contributed by atoms with Gasteiger partial charge in [-0.1, -0.05) is 0 Å². The van der Waals surface area contributed by atoms with Crippen molar-refractivity contribution >= 4 is 29.9 Å². The number of furan rings is 1. The van der Waals surface area contributed by atoms with Gasteiger partial charge in [0, 0.05) is 13.2 Å². The minimum absolute atomic E-state index is 0. The van der Waals surface area contributed by atoms with Gasteiger partial charge in [-0.25, -0.2) is 4.68 Å². The highest BCUT2D eigenvalue weighted by Gasteiger charge is 2.04. The Kier molecular flexibility index (Phi) is 7.52. The third-order valence-electron chi connectivity index (χ3n) is 3.65. The lowest BCUT2D eigenvalue weighted by molar-refractivity contribution is 0.414. The van der Waals surface area contributed by atoms with Crippen LogP contribution in [-0.4, -0.2) is 29.9 Å². The number of hydrogen-bond donors (Lipinski definition) is 2. The number of nitrogens with zero attached hydrogens (tertiary/aromatic N) is 3. The fourth-order valence-electron chi connectivity index (χ4n) is 2.31. The van der Waals surface area contributed by atoms with E-state index < -0.39 is 0 Å². The van der Waals surface area contributed by atoms with Crippen LogP contribution in [0.4, 0.5) is 0 Å². The van der Waals surface area contributed by atoms with Crippen LogP contribution in [0.1, 0.15) is 11.5 Å². The molecule has 0 aliphatic carbocycles. The van der Waals surface area contributed by atoms with Crippen LogP contribution in [0.15, 0.2) is 64.3 Å². The minimum atomic E-state index is 0. The molecule has 3 rings (SSSR count). The van der Waals surface area contributed by atoms with Crippen molar-refractivity contribution < 1.29 is 9.15 Å². The fourth-order valence-corrected chi connectivity index (χ4v) is 2.31. The largest absolute Gasteiger partial charge is 0.497 e. The number of hydrogen-bond acceptors (Lipinski definition) is 4. The molecule has 0 fully saturated rings. The molecule has 0 amide bonds. The Morgan fingerprint density at radius 3 is 2.58 bits per heavy atom. The zero-order chi connectivity index (χ0) is 17.5. The average molecular weight is 467 g/mol. The Morgan fingerprint density at radius 2 is 1.92 bits per heavy atom. The number of ether oxygens (including phenoxy) is 1. The van der Waals surface area contributed by atoms with Gasteiger partial charge >= 0.3 is 0 Å². The van der Waals surface area contributed by atoms with Crippen molar-refractivity contribution in [3.63, 3.8) is 0 Å².